The Hall–Kier alpha value is -1.50. The highest BCUT2D eigenvalue weighted by Crippen LogP contribution is 2.47. The van der Waals surface area contributed by atoms with Gasteiger partial charge in [0.15, 0.2) is 0 Å². The summed E-state index contributed by atoms with van der Waals surface area (Å²) in [6.07, 6.45) is 3.19. The van der Waals surface area contributed by atoms with Crippen LogP contribution in [0.15, 0.2) is 24.4 Å². The number of alkyl halides is 3. The summed E-state index contributed by atoms with van der Waals surface area (Å²) in [5.74, 6) is -0.473. The van der Waals surface area contributed by atoms with Gasteiger partial charge < -0.3 is 9.64 Å². The van der Waals surface area contributed by atoms with E-state index in [2.05, 4.69) is 0 Å². The second-order valence-corrected chi connectivity index (χ2v) is 8.77. The minimum Gasteiger partial charge on any atom is -0.469 e. The number of carbonyl (C=O) groups excluding carboxylic acids is 1. The van der Waals surface area contributed by atoms with E-state index in [1.807, 2.05) is 0 Å². The highest BCUT2D eigenvalue weighted by atomic mass is 35.6. The third kappa shape index (κ3) is 4.02. The molecule has 1 aromatic carbocycles. The smallest absolute Gasteiger partial charge is 0.313 e. The third-order valence-corrected chi connectivity index (χ3v) is 4.49. The summed E-state index contributed by atoms with van der Waals surface area (Å²) < 4.78 is 3.33. The van der Waals surface area contributed by atoms with E-state index >= 15 is 0 Å². The number of esters is 1. The quantitative estimate of drug-likeness (QED) is 0.318. The van der Waals surface area contributed by atoms with Gasteiger partial charge in [0.1, 0.15) is 0 Å². The predicted octanol–water partition coefficient (Wildman–Crippen LogP) is 4.49. The number of methoxy groups -OCH3 is 1. The Morgan fingerprint density at radius 2 is 2.00 bits per heavy atom. The zero-order valence-corrected chi connectivity index (χ0v) is 16.1. The Bertz CT molecular complexity index is 729. The Kier molecular flexibility index (Phi) is 5.56. The Labute approximate surface area is 160 Å². The summed E-state index contributed by atoms with van der Waals surface area (Å²) in [7, 11) is 1.29. The molecule has 0 bridgehead atoms. The first kappa shape index (κ1) is 19.8. The lowest BCUT2D eigenvalue weighted by molar-refractivity contribution is -0.385. The van der Waals surface area contributed by atoms with Crippen LogP contribution in [0.3, 0.4) is 0 Å². The Morgan fingerprint density at radius 3 is 2.52 bits per heavy atom. The van der Waals surface area contributed by atoms with Gasteiger partial charge in [-0.3, -0.25) is 14.9 Å². The number of nitrogens with zero attached hydrogens (tertiary/aromatic N) is 2. The van der Waals surface area contributed by atoms with Gasteiger partial charge in [0.2, 0.25) is 3.79 Å². The van der Waals surface area contributed by atoms with Gasteiger partial charge in [0, 0.05) is 12.3 Å². The average molecular weight is 408 g/mol. The fourth-order valence-corrected chi connectivity index (χ4v) is 3.53. The highest BCUT2D eigenvalue weighted by Gasteiger charge is 2.46. The summed E-state index contributed by atoms with van der Waals surface area (Å²) in [4.78, 5) is 24.9. The fraction of sp³-hybridized carbons (Fsp3) is 0.438. The molecule has 2 rings (SSSR count). The molecular formula is C16H17Cl3N2O4. The van der Waals surface area contributed by atoms with E-state index in [0.717, 1.165) is 0 Å². The molecule has 9 heteroatoms. The molecule has 1 aliphatic rings. The summed E-state index contributed by atoms with van der Waals surface area (Å²) >= 11 is 17.8. The lowest BCUT2D eigenvalue weighted by atomic mass is 9.76. The van der Waals surface area contributed by atoms with Gasteiger partial charge in [-0.15, -0.1) is 0 Å². The monoisotopic (exact) mass is 406 g/mol. The van der Waals surface area contributed by atoms with Crippen LogP contribution in [-0.4, -0.2) is 33.2 Å². The van der Waals surface area contributed by atoms with Crippen molar-refractivity contribution in [3.63, 3.8) is 0 Å². The van der Waals surface area contributed by atoms with Crippen molar-refractivity contribution in [1.29, 1.82) is 0 Å². The van der Waals surface area contributed by atoms with Gasteiger partial charge in [-0.25, -0.2) is 0 Å². The van der Waals surface area contributed by atoms with Crippen LogP contribution in [0.2, 0.25) is 0 Å². The van der Waals surface area contributed by atoms with Crippen LogP contribution in [0, 0.1) is 15.5 Å². The van der Waals surface area contributed by atoms with Crippen LogP contribution in [0.5, 0.6) is 0 Å². The minimum absolute atomic E-state index is 0.00138. The van der Waals surface area contributed by atoms with E-state index in [9.17, 15) is 14.9 Å². The maximum absolute atomic E-state index is 12.4. The number of halogens is 3. The molecule has 136 valence electrons. The number of hydrogen-bond donors (Lipinski definition) is 0. The zero-order chi connectivity index (χ0) is 19.0. The van der Waals surface area contributed by atoms with Crippen LogP contribution in [-0.2, 0) is 9.53 Å². The van der Waals surface area contributed by atoms with Gasteiger partial charge >= 0.3 is 5.97 Å². The largest absolute Gasteiger partial charge is 0.469 e. The number of fused-ring (bicyclic) bond motifs is 1. The highest BCUT2D eigenvalue weighted by molar-refractivity contribution is 6.67. The van der Waals surface area contributed by atoms with E-state index in [0.29, 0.717) is 11.1 Å². The molecule has 0 spiro atoms. The van der Waals surface area contributed by atoms with Crippen molar-refractivity contribution < 1.29 is 14.5 Å². The molecule has 1 heterocycles. The number of carbonyl (C=O) groups is 1. The first-order valence-electron chi connectivity index (χ1n) is 7.35. The van der Waals surface area contributed by atoms with E-state index in [-0.39, 0.29) is 12.2 Å². The van der Waals surface area contributed by atoms with E-state index in [1.54, 1.807) is 43.2 Å². The molecule has 0 amide bonds. The Morgan fingerprint density at radius 1 is 1.36 bits per heavy atom. The predicted molar refractivity (Wildman–Crippen MR) is 97.7 cm³/mol. The summed E-state index contributed by atoms with van der Waals surface area (Å²) in [5, 5.41) is 11.3. The van der Waals surface area contributed by atoms with Crippen LogP contribution in [0.1, 0.15) is 31.0 Å². The van der Waals surface area contributed by atoms with Gasteiger partial charge in [-0.05, 0) is 25.5 Å². The molecule has 0 saturated heterocycles. The topological polar surface area (TPSA) is 72.7 Å². The number of nitro benzene ring substituents is 1. The number of ether oxygens (including phenoxy) is 1. The fourth-order valence-electron chi connectivity index (χ4n) is 3.11. The lowest BCUT2D eigenvalue weighted by Crippen LogP contribution is -2.45. The SMILES string of the molecule is COC(=O)C(C)(C)C1c2cccc([N+](=O)[O-])c2C=CN1CC(Cl)(Cl)Cl. The molecule has 0 saturated carbocycles. The maximum atomic E-state index is 12.4. The first-order valence-corrected chi connectivity index (χ1v) is 8.49. The van der Waals surface area contributed by atoms with Gasteiger partial charge in [-0.1, -0.05) is 46.9 Å². The van der Waals surface area contributed by atoms with Crippen molar-refractivity contribution >= 4 is 52.5 Å². The molecule has 0 N–H and O–H groups in total. The third-order valence-electron chi connectivity index (χ3n) is 4.13. The number of benzene rings is 1. The van der Waals surface area contributed by atoms with Crippen molar-refractivity contribution in [3.8, 4) is 0 Å². The minimum atomic E-state index is -1.59. The van der Waals surface area contributed by atoms with Gasteiger partial charge in [-0.2, -0.15) is 0 Å². The lowest BCUT2D eigenvalue weighted by Gasteiger charge is -2.43. The zero-order valence-electron chi connectivity index (χ0n) is 13.8. The number of nitro groups is 1. The maximum Gasteiger partial charge on any atom is 0.313 e. The van der Waals surface area contributed by atoms with E-state index in [4.69, 9.17) is 39.5 Å². The van der Waals surface area contributed by atoms with Crippen LogP contribution >= 0.6 is 34.8 Å². The molecule has 0 radical (unpaired) electrons. The van der Waals surface area contributed by atoms with Crippen LogP contribution < -0.4 is 0 Å². The van der Waals surface area contributed by atoms with Crippen molar-refractivity contribution in [2.45, 2.75) is 23.7 Å². The first-order chi connectivity index (χ1) is 11.5. The molecule has 0 fully saturated rings. The summed E-state index contributed by atoms with van der Waals surface area (Å²) in [6.45, 7) is 3.38. The molecule has 0 aliphatic carbocycles. The molecule has 0 aromatic heterocycles. The van der Waals surface area contributed by atoms with Crippen molar-refractivity contribution in [2.75, 3.05) is 13.7 Å². The molecule has 1 aliphatic heterocycles. The molecular weight excluding hydrogens is 391 g/mol. The second-order valence-electron chi connectivity index (χ2n) is 6.26. The second kappa shape index (κ2) is 7.02. The number of hydrogen-bond acceptors (Lipinski definition) is 5. The summed E-state index contributed by atoms with van der Waals surface area (Å²) in [6, 6.07) is 4.11. The average Bonchev–Trinajstić information content (AvgIpc) is 2.51. The van der Waals surface area contributed by atoms with Crippen molar-refractivity contribution in [1.82, 2.24) is 4.90 Å². The van der Waals surface area contributed by atoms with Crippen molar-refractivity contribution in [3.05, 3.63) is 45.6 Å². The van der Waals surface area contributed by atoms with Crippen molar-refractivity contribution in [2.24, 2.45) is 5.41 Å². The van der Waals surface area contributed by atoms with Gasteiger partial charge in [0.05, 0.1) is 35.6 Å². The van der Waals surface area contributed by atoms with Gasteiger partial charge in [0.25, 0.3) is 5.69 Å². The molecule has 1 unspecified atom stereocenters. The Balaban J connectivity index is 2.64. The van der Waals surface area contributed by atoms with Crippen LogP contribution in [0.25, 0.3) is 6.08 Å². The molecule has 25 heavy (non-hydrogen) atoms. The van der Waals surface area contributed by atoms with E-state index < -0.39 is 26.1 Å². The summed E-state index contributed by atoms with van der Waals surface area (Å²) in [5.41, 5.74) is -0.0660. The standard InChI is InChI=1S/C16H17Cl3N2O4/c1-15(2,14(22)25-3)13-11-5-4-6-12(21(23)24)10(11)7-8-20(13)9-16(17,18)19/h4-8,13H,9H2,1-3H3. The molecule has 1 atom stereocenters. The molecule has 6 nitrogen and oxygen atoms in total. The molecule has 1 aromatic rings. The number of rotatable bonds is 4. The normalized spacial score (nSPS) is 17.2. The van der Waals surface area contributed by atoms with E-state index in [1.165, 1.54) is 13.2 Å². The van der Waals surface area contributed by atoms with Crippen LogP contribution in [0.4, 0.5) is 5.69 Å².